The minimum atomic E-state index is 0.234. The van der Waals surface area contributed by atoms with Crippen molar-refractivity contribution in [2.45, 2.75) is 33.4 Å². The van der Waals surface area contributed by atoms with Crippen LogP contribution in [0.5, 0.6) is 5.75 Å². The summed E-state index contributed by atoms with van der Waals surface area (Å²) in [5.41, 5.74) is 3.49. The minimum Gasteiger partial charge on any atom is -0.494 e. The molecule has 4 nitrogen and oxygen atoms in total. The molecule has 1 aromatic heterocycles. The van der Waals surface area contributed by atoms with Crippen molar-refractivity contribution < 1.29 is 4.74 Å². The summed E-state index contributed by atoms with van der Waals surface area (Å²) in [5, 5.41) is 7.90. The normalized spacial score (nSPS) is 12.4. The molecule has 0 amide bonds. The second-order valence-electron chi connectivity index (χ2n) is 4.99. The number of aryl methyl sites for hydroxylation is 2. The highest BCUT2D eigenvalue weighted by atomic mass is 16.5. The molecule has 108 valence electrons. The maximum Gasteiger partial charge on any atom is 0.124 e. The first-order valence-electron chi connectivity index (χ1n) is 7.06. The fourth-order valence-electron chi connectivity index (χ4n) is 2.32. The van der Waals surface area contributed by atoms with E-state index in [2.05, 4.69) is 29.6 Å². The summed E-state index contributed by atoms with van der Waals surface area (Å²) in [6.07, 6.45) is 2.06. The van der Waals surface area contributed by atoms with Crippen LogP contribution in [0.1, 0.15) is 36.7 Å². The number of hydrogen-bond acceptors (Lipinski definition) is 3. The first kappa shape index (κ1) is 14.6. The number of ether oxygens (including phenoxy) is 1. The molecule has 1 N–H and O–H groups in total. The van der Waals surface area contributed by atoms with E-state index in [0.717, 1.165) is 18.0 Å². The molecule has 0 bridgehead atoms. The Balaban J connectivity index is 2.05. The third-order valence-corrected chi connectivity index (χ3v) is 3.40. The van der Waals surface area contributed by atoms with Crippen LogP contribution in [0.15, 0.2) is 30.5 Å². The number of benzene rings is 1. The minimum absolute atomic E-state index is 0.234. The van der Waals surface area contributed by atoms with Gasteiger partial charge in [-0.25, -0.2) is 0 Å². The SMILES string of the molecule is CCOc1ccccc1C(C)NCc1cn(C)nc1C. The average Bonchev–Trinajstić information content (AvgIpc) is 2.75. The zero-order valence-electron chi connectivity index (χ0n) is 12.7. The molecular formula is C16H23N3O. The van der Waals surface area contributed by atoms with Crippen molar-refractivity contribution in [1.82, 2.24) is 15.1 Å². The van der Waals surface area contributed by atoms with E-state index in [-0.39, 0.29) is 6.04 Å². The molecular weight excluding hydrogens is 250 g/mol. The van der Waals surface area contributed by atoms with Crippen molar-refractivity contribution >= 4 is 0 Å². The van der Waals surface area contributed by atoms with E-state index in [0.29, 0.717) is 6.61 Å². The van der Waals surface area contributed by atoms with Gasteiger partial charge in [-0.3, -0.25) is 4.68 Å². The molecule has 0 spiro atoms. The Morgan fingerprint density at radius 1 is 1.35 bits per heavy atom. The number of hydrogen-bond donors (Lipinski definition) is 1. The molecule has 4 heteroatoms. The lowest BCUT2D eigenvalue weighted by molar-refractivity contribution is 0.332. The zero-order chi connectivity index (χ0) is 14.5. The highest BCUT2D eigenvalue weighted by Gasteiger charge is 2.11. The summed E-state index contributed by atoms with van der Waals surface area (Å²) >= 11 is 0. The van der Waals surface area contributed by atoms with Gasteiger partial charge < -0.3 is 10.1 Å². The summed E-state index contributed by atoms with van der Waals surface area (Å²) in [7, 11) is 1.95. The summed E-state index contributed by atoms with van der Waals surface area (Å²) in [4.78, 5) is 0. The van der Waals surface area contributed by atoms with Gasteiger partial charge in [0, 0.05) is 37.0 Å². The Morgan fingerprint density at radius 3 is 2.75 bits per heavy atom. The summed E-state index contributed by atoms with van der Waals surface area (Å²) in [5.74, 6) is 0.956. The molecule has 2 rings (SSSR count). The Morgan fingerprint density at radius 2 is 2.10 bits per heavy atom. The molecule has 0 saturated heterocycles. The monoisotopic (exact) mass is 273 g/mol. The molecule has 1 atom stereocenters. The average molecular weight is 273 g/mol. The quantitative estimate of drug-likeness (QED) is 0.879. The topological polar surface area (TPSA) is 39.1 Å². The highest BCUT2D eigenvalue weighted by molar-refractivity contribution is 5.35. The molecule has 0 aliphatic rings. The van der Waals surface area contributed by atoms with Gasteiger partial charge in [-0.1, -0.05) is 18.2 Å². The van der Waals surface area contributed by atoms with Crippen molar-refractivity contribution in [3.63, 3.8) is 0 Å². The Hall–Kier alpha value is -1.81. The van der Waals surface area contributed by atoms with Gasteiger partial charge >= 0.3 is 0 Å². The number of rotatable bonds is 6. The van der Waals surface area contributed by atoms with E-state index >= 15 is 0 Å². The van der Waals surface area contributed by atoms with Gasteiger partial charge in [0.2, 0.25) is 0 Å². The van der Waals surface area contributed by atoms with Crippen molar-refractivity contribution in [2.75, 3.05) is 6.61 Å². The molecule has 0 radical (unpaired) electrons. The van der Waals surface area contributed by atoms with Gasteiger partial charge in [-0.2, -0.15) is 5.10 Å². The van der Waals surface area contributed by atoms with Crippen molar-refractivity contribution in [2.24, 2.45) is 7.05 Å². The summed E-state index contributed by atoms with van der Waals surface area (Å²) < 4.78 is 7.53. The summed E-state index contributed by atoms with van der Waals surface area (Å²) in [6.45, 7) is 7.69. The molecule has 20 heavy (non-hydrogen) atoms. The van der Waals surface area contributed by atoms with Gasteiger partial charge in [-0.15, -0.1) is 0 Å². The zero-order valence-corrected chi connectivity index (χ0v) is 12.7. The van der Waals surface area contributed by atoms with Gasteiger partial charge in [0.15, 0.2) is 0 Å². The van der Waals surface area contributed by atoms with E-state index in [1.165, 1.54) is 11.1 Å². The Labute approximate surface area is 120 Å². The third-order valence-electron chi connectivity index (χ3n) is 3.40. The number of para-hydroxylation sites is 1. The van der Waals surface area contributed by atoms with Crippen LogP contribution in [0.25, 0.3) is 0 Å². The van der Waals surface area contributed by atoms with Crippen LogP contribution in [0.3, 0.4) is 0 Å². The molecule has 0 fully saturated rings. The maximum absolute atomic E-state index is 5.68. The van der Waals surface area contributed by atoms with Crippen LogP contribution < -0.4 is 10.1 Å². The first-order chi connectivity index (χ1) is 9.61. The van der Waals surface area contributed by atoms with E-state index in [4.69, 9.17) is 4.74 Å². The van der Waals surface area contributed by atoms with E-state index in [9.17, 15) is 0 Å². The maximum atomic E-state index is 5.68. The van der Waals surface area contributed by atoms with Crippen LogP contribution in [-0.2, 0) is 13.6 Å². The van der Waals surface area contributed by atoms with Gasteiger partial charge in [0.1, 0.15) is 5.75 Å². The number of aromatic nitrogens is 2. The Bertz CT molecular complexity index is 563. The van der Waals surface area contributed by atoms with Gasteiger partial charge in [0.25, 0.3) is 0 Å². The lowest BCUT2D eigenvalue weighted by Gasteiger charge is -2.17. The third kappa shape index (κ3) is 3.39. The number of nitrogens with zero attached hydrogens (tertiary/aromatic N) is 2. The van der Waals surface area contributed by atoms with Crippen LogP contribution in [-0.4, -0.2) is 16.4 Å². The van der Waals surface area contributed by atoms with Crippen molar-refractivity contribution in [3.05, 3.63) is 47.3 Å². The van der Waals surface area contributed by atoms with E-state index < -0.39 is 0 Å². The first-order valence-corrected chi connectivity index (χ1v) is 7.06. The predicted molar refractivity (Wildman–Crippen MR) is 80.8 cm³/mol. The van der Waals surface area contributed by atoms with Crippen molar-refractivity contribution in [3.8, 4) is 5.75 Å². The lowest BCUT2D eigenvalue weighted by atomic mass is 10.1. The molecule has 0 saturated carbocycles. The fourth-order valence-corrected chi connectivity index (χ4v) is 2.32. The predicted octanol–water partition coefficient (Wildman–Crippen LogP) is 2.98. The van der Waals surface area contributed by atoms with E-state index in [1.807, 2.05) is 43.8 Å². The van der Waals surface area contributed by atoms with Crippen LogP contribution >= 0.6 is 0 Å². The van der Waals surface area contributed by atoms with Gasteiger partial charge in [-0.05, 0) is 26.8 Å². The largest absolute Gasteiger partial charge is 0.494 e. The lowest BCUT2D eigenvalue weighted by Crippen LogP contribution is -2.19. The van der Waals surface area contributed by atoms with Crippen molar-refractivity contribution in [1.29, 1.82) is 0 Å². The van der Waals surface area contributed by atoms with Crippen LogP contribution in [0.4, 0.5) is 0 Å². The summed E-state index contributed by atoms with van der Waals surface area (Å²) in [6, 6.07) is 8.42. The Kier molecular flexibility index (Phi) is 4.79. The van der Waals surface area contributed by atoms with E-state index in [1.54, 1.807) is 0 Å². The molecule has 2 aromatic rings. The number of nitrogens with one attached hydrogen (secondary N) is 1. The fraction of sp³-hybridized carbons (Fsp3) is 0.438. The molecule has 1 heterocycles. The smallest absolute Gasteiger partial charge is 0.124 e. The second-order valence-corrected chi connectivity index (χ2v) is 4.99. The second kappa shape index (κ2) is 6.57. The molecule has 0 aliphatic heterocycles. The molecule has 0 aliphatic carbocycles. The molecule has 1 aromatic carbocycles. The standard InChI is InChI=1S/C16H23N3O/c1-5-20-16-9-7-6-8-15(16)13(3)17-10-14-11-19(4)18-12(14)2/h6-9,11,13,17H,5,10H2,1-4H3. The molecule has 1 unspecified atom stereocenters. The van der Waals surface area contributed by atoms with Gasteiger partial charge in [0.05, 0.1) is 12.3 Å². The van der Waals surface area contributed by atoms with Crippen LogP contribution in [0.2, 0.25) is 0 Å². The van der Waals surface area contributed by atoms with Crippen LogP contribution in [0, 0.1) is 6.92 Å². The highest BCUT2D eigenvalue weighted by Crippen LogP contribution is 2.25.